The first-order valence-electron chi connectivity index (χ1n) is 7.74. The molecular weight excluding hydrogens is 266 g/mol. The SMILES string of the molecule is CNc1cccc(N2CCCC(C(C)C)CC2)c1[N+](=O)[O-]. The van der Waals surface area contributed by atoms with Crippen molar-refractivity contribution >= 4 is 17.1 Å². The molecule has 1 aromatic carbocycles. The number of benzene rings is 1. The minimum atomic E-state index is -0.272. The topological polar surface area (TPSA) is 58.4 Å². The second-order valence-corrected chi connectivity index (χ2v) is 6.10. The van der Waals surface area contributed by atoms with Crippen LogP contribution < -0.4 is 10.2 Å². The zero-order valence-electron chi connectivity index (χ0n) is 13.1. The molecule has 0 aromatic heterocycles. The van der Waals surface area contributed by atoms with Gasteiger partial charge in [-0.2, -0.15) is 0 Å². The van der Waals surface area contributed by atoms with Crippen LogP contribution in [0.5, 0.6) is 0 Å². The lowest BCUT2D eigenvalue weighted by molar-refractivity contribution is -0.383. The Morgan fingerprint density at radius 1 is 1.33 bits per heavy atom. The largest absolute Gasteiger partial charge is 0.382 e. The summed E-state index contributed by atoms with van der Waals surface area (Å²) in [6.07, 6.45) is 3.43. The number of hydrogen-bond donors (Lipinski definition) is 1. The Labute approximate surface area is 126 Å². The van der Waals surface area contributed by atoms with Gasteiger partial charge < -0.3 is 10.2 Å². The number of nitrogens with one attached hydrogen (secondary N) is 1. The van der Waals surface area contributed by atoms with E-state index in [9.17, 15) is 10.1 Å². The number of anilines is 2. The van der Waals surface area contributed by atoms with Gasteiger partial charge in [-0.3, -0.25) is 10.1 Å². The highest BCUT2D eigenvalue weighted by Crippen LogP contribution is 2.37. The molecule has 1 N–H and O–H groups in total. The van der Waals surface area contributed by atoms with Crippen LogP contribution in [0.15, 0.2) is 18.2 Å². The number of hydrogen-bond acceptors (Lipinski definition) is 4. The summed E-state index contributed by atoms with van der Waals surface area (Å²) in [4.78, 5) is 13.4. The molecule has 1 unspecified atom stereocenters. The first-order chi connectivity index (χ1) is 10.0. The fourth-order valence-electron chi connectivity index (χ4n) is 3.21. The van der Waals surface area contributed by atoms with E-state index in [1.165, 1.54) is 6.42 Å². The number of para-hydroxylation sites is 1. The minimum Gasteiger partial charge on any atom is -0.382 e. The van der Waals surface area contributed by atoms with Crippen LogP contribution in [0.2, 0.25) is 0 Å². The van der Waals surface area contributed by atoms with E-state index in [0.717, 1.165) is 37.5 Å². The zero-order chi connectivity index (χ0) is 15.4. The van der Waals surface area contributed by atoms with E-state index in [-0.39, 0.29) is 10.6 Å². The van der Waals surface area contributed by atoms with Crippen LogP contribution in [0, 0.1) is 22.0 Å². The monoisotopic (exact) mass is 291 g/mol. The van der Waals surface area contributed by atoms with Crippen LogP contribution in [-0.2, 0) is 0 Å². The molecule has 0 spiro atoms. The van der Waals surface area contributed by atoms with Crippen LogP contribution >= 0.6 is 0 Å². The second-order valence-electron chi connectivity index (χ2n) is 6.10. The van der Waals surface area contributed by atoms with Crippen molar-refractivity contribution < 1.29 is 4.92 Å². The van der Waals surface area contributed by atoms with Gasteiger partial charge in [-0.15, -0.1) is 0 Å². The standard InChI is InChI=1S/C16H25N3O2/c1-12(2)13-6-5-10-18(11-9-13)15-8-4-7-14(17-3)16(15)19(20)21/h4,7-8,12-13,17H,5-6,9-11H2,1-3H3. The maximum atomic E-state index is 11.4. The number of nitrogens with zero attached hydrogens (tertiary/aromatic N) is 2. The lowest BCUT2D eigenvalue weighted by atomic mass is 9.89. The van der Waals surface area contributed by atoms with Crippen LogP contribution in [-0.4, -0.2) is 25.1 Å². The third-order valence-corrected chi connectivity index (χ3v) is 4.52. The summed E-state index contributed by atoms with van der Waals surface area (Å²) in [6.45, 7) is 6.34. The predicted molar refractivity (Wildman–Crippen MR) is 87.0 cm³/mol. The van der Waals surface area contributed by atoms with E-state index < -0.39 is 0 Å². The van der Waals surface area contributed by atoms with Gasteiger partial charge in [0.15, 0.2) is 0 Å². The summed E-state index contributed by atoms with van der Waals surface area (Å²) in [5.74, 6) is 1.41. The molecule has 116 valence electrons. The molecule has 0 saturated carbocycles. The van der Waals surface area contributed by atoms with E-state index >= 15 is 0 Å². The average Bonchev–Trinajstić information content (AvgIpc) is 2.72. The molecule has 21 heavy (non-hydrogen) atoms. The Morgan fingerprint density at radius 2 is 2.10 bits per heavy atom. The third-order valence-electron chi connectivity index (χ3n) is 4.52. The number of nitro benzene ring substituents is 1. The highest BCUT2D eigenvalue weighted by Gasteiger charge is 2.26. The molecule has 5 heteroatoms. The van der Waals surface area contributed by atoms with Crippen molar-refractivity contribution in [1.29, 1.82) is 0 Å². The Hall–Kier alpha value is -1.78. The Bertz CT molecular complexity index is 502. The van der Waals surface area contributed by atoms with Crippen molar-refractivity contribution in [3.63, 3.8) is 0 Å². The van der Waals surface area contributed by atoms with E-state index in [1.807, 2.05) is 12.1 Å². The maximum absolute atomic E-state index is 11.4. The van der Waals surface area contributed by atoms with Crippen molar-refractivity contribution in [2.24, 2.45) is 11.8 Å². The second kappa shape index (κ2) is 6.78. The van der Waals surface area contributed by atoms with E-state index in [1.54, 1.807) is 13.1 Å². The Morgan fingerprint density at radius 3 is 2.71 bits per heavy atom. The summed E-state index contributed by atoms with van der Waals surface area (Å²) >= 11 is 0. The Balaban J connectivity index is 2.27. The first-order valence-corrected chi connectivity index (χ1v) is 7.74. The molecule has 0 aliphatic carbocycles. The first kappa shape index (κ1) is 15.6. The zero-order valence-corrected chi connectivity index (χ0v) is 13.1. The molecular formula is C16H25N3O2. The molecule has 1 fully saturated rings. The van der Waals surface area contributed by atoms with Gasteiger partial charge in [0.1, 0.15) is 11.4 Å². The molecule has 1 aromatic rings. The summed E-state index contributed by atoms with van der Waals surface area (Å²) in [5.41, 5.74) is 1.53. The lowest BCUT2D eigenvalue weighted by Gasteiger charge is -2.24. The quantitative estimate of drug-likeness (QED) is 0.675. The Kier molecular flexibility index (Phi) is 5.04. The summed E-state index contributed by atoms with van der Waals surface area (Å²) < 4.78 is 0. The van der Waals surface area contributed by atoms with Crippen LogP contribution in [0.4, 0.5) is 17.1 Å². The molecule has 5 nitrogen and oxygen atoms in total. The smallest absolute Gasteiger partial charge is 0.315 e. The summed E-state index contributed by atoms with van der Waals surface area (Å²) in [6, 6.07) is 5.52. The number of rotatable bonds is 4. The molecule has 2 rings (SSSR count). The third kappa shape index (κ3) is 3.46. The normalized spacial score (nSPS) is 19.4. The van der Waals surface area contributed by atoms with Gasteiger partial charge in [0.2, 0.25) is 0 Å². The van der Waals surface area contributed by atoms with E-state index in [4.69, 9.17) is 0 Å². The van der Waals surface area contributed by atoms with Gasteiger partial charge in [0.05, 0.1) is 4.92 Å². The van der Waals surface area contributed by atoms with Crippen molar-refractivity contribution in [3.05, 3.63) is 28.3 Å². The highest BCUT2D eigenvalue weighted by molar-refractivity contribution is 5.76. The molecule has 0 bridgehead atoms. The van der Waals surface area contributed by atoms with Gasteiger partial charge in [-0.1, -0.05) is 19.9 Å². The van der Waals surface area contributed by atoms with Crippen LogP contribution in [0.3, 0.4) is 0 Å². The molecule has 1 heterocycles. The van der Waals surface area contributed by atoms with E-state index in [2.05, 4.69) is 24.1 Å². The fraction of sp³-hybridized carbons (Fsp3) is 0.625. The van der Waals surface area contributed by atoms with Gasteiger partial charge in [-0.05, 0) is 43.2 Å². The van der Waals surface area contributed by atoms with E-state index in [0.29, 0.717) is 11.6 Å². The van der Waals surface area contributed by atoms with Crippen LogP contribution in [0.1, 0.15) is 33.1 Å². The molecule has 1 saturated heterocycles. The molecule has 1 atom stereocenters. The number of nitro groups is 1. The summed E-state index contributed by atoms with van der Waals surface area (Å²) in [7, 11) is 1.73. The van der Waals surface area contributed by atoms with Gasteiger partial charge in [0.25, 0.3) is 0 Å². The van der Waals surface area contributed by atoms with Gasteiger partial charge >= 0.3 is 5.69 Å². The molecule has 0 radical (unpaired) electrons. The van der Waals surface area contributed by atoms with Crippen LogP contribution in [0.25, 0.3) is 0 Å². The lowest BCUT2D eigenvalue weighted by Crippen LogP contribution is -2.25. The van der Waals surface area contributed by atoms with Crippen molar-refractivity contribution in [2.75, 3.05) is 30.4 Å². The van der Waals surface area contributed by atoms with Gasteiger partial charge in [0, 0.05) is 20.1 Å². The predicted octanol–water partition coefficient (Wildman–Crippen LogP) is 3.90. The fourth-order valence-corrected chi connectivity index (χ4v) is 3.21. The molecule has 0 amide bonds. The van der Waals surface area contributed by atoms with Crippen molar-refractivity contribution in [2.45, 2.75) is 33.1 Å². The highest BCUT2D eigenvalue weighted by atomic mass is 16.6. The van der Waals surface area contributed by atoms with Gasteiger partial charge in [-0.25, -0.2) is 0 Å². The minimum absolute atomic E-state index is 0.197. The maximum Gasteiger partial charge on any atom is 0.315 e. The summed E-state index contributed by atoms with van der Waals surface area (Å²) in [5, 5.41) is 14.4. The molecule has 1 aliphatic rings. The average molecular weight is 291 g/mol. The molecule has 1 aliphatic heterocycles. The van der Waals surface area contributed by atoms with Crippen molar-refractivity contribution in [3.8, 4) is 0 Å². The van der Waals surface area contributed by atoms with Crippen molar-refractivity contribution in [1.82, 2.24) is 0 Å².